The van der Waals surface area contributed by atoms with Crippen LogP contribution in [-0.4, -0.2) is 30.5 Å². The smallest absolute Gasteiger partial charge is 0.222 e. The molecule has 100 valence electrons. The van der Waals surface area contributed by atoms with Crippen LogP contribution in [-0.2, 0) is 4.79 Å². The van der Waals surface area contributed by atoms with Gasteiger partial charge in [0.05, 0.1) is 6.61 Å². The zero-order chi connectivity index (χ0) is 13.4. The summed E-state index contributed by atoms with van der Waals surface area (Å²) in [4.78, 5) is 13.5. The number of carbonyl (C=O) groups is 1. The zero-order valence-corrected chi connectivity index (χ0v) is 11.0. The first-order valence-electron chi connectivity index (χ1n) is 6.33. The number of carbonyl (C=O) groups excluding carboxylic acids is 1. The van der Waals surface area contributed by atoms with Crippen LogP contribution in [0.25, 0.3) is 0 Å². The molecule has 1 aromatic rings. The van der Waals surface area contributed by atoms with E-state index < -0.39 is 0 Å². The minimum atomic E-state index is -0.279. The quantitative estimate of drug-likeness (QED) is 0.699. The molecule has 0 radical (unpaired) electrons. The number of benzene rings is 1. The van der Waals surface area contributed by atoms with Crippen LogP contribution in [0.5, 0.6) is 5.75 Å². The van der Waals surface area contributed by atoms with Crippen molar-refractivity contribution in [1.82, 2.24) is 4.90 Å². The van der Waals surface area contributed by atoms with Crippen LogP contribution >= 0.6 is 0 Å². The number of hydrogen-bond acceptors (Lipinski definition) is 2. The summed E-state index contributed by atoms with van der Waals surface area (Å²) >= 11 is 0. The molecule has 0 saturated heterocycles. The maximum Gasteiger partial charge on any atom is 0.222 e. The molecule has 1 aromatic carbocycles. The second kappa shape index (κ2) is 7.69. The van der Waals surface area contributed by atoms with E-state index >= 15 is 0 Å². The van der Waals surface area contributed by atoms with E-state index in [-0.39, 0.29) is 11.7 Å². The Kier molecular flexibility index (Phi) is 6.19. The highest BCUT2D eigenvalue weighted by Gasteiger charge is 2.08. The van der Waals surface area contributed by atoms with Crippen molar-refractivity contribution in [1.29, 1.82) is 0 Å². The van der Waals surface area contributed by atoms with E-state index in [0.717, 1.165) is 13.1 Å². The lowest BCUT2D eigenvalue weighted by molar-refractivity contribution is -0.131. The largest absolute Gasteiger partial charge is 0.494 e. The predicted molar refractivity (Wildman–Crippen MR) is 69.1 cm³/mol. The van der Waals surface area contributed by atoms with E-state index in [2.05, 4.69) is 0 Å². The molecule has 0 spiro atoms. The van der Waals surface area contributed by atoms with Crippen LogP contribution in [0.4, 0.5) is 4.39 Å². The Morgan fingerprint density at radius 3 is 2.39 bits per heavy atom. The van der Waals surface area contributed by atoms with Crippen molar-refractivity contribution >= 4 is 5.91 Å². The van der Waals surface area contributed by atoms with Crippen LogP contribution in [0.1, 0.15) is 26.7 Å². The van der Waals surface area contributed by atoms with E-state index in [1.807, 2.05) is 13.8 Å². The normalized spacial score (nSPS) is 10.2. The van der Waals surface area contributed by atoms with Crippen LogP contribution in [0.3, 0.4) is 0 Å². The lowest BCUT2D eigenvalue weighted by atomic mass is 10.3. The Morgan fingerprint density at radius 2 is 1.83 bits per heavy atom. The Morgan fingerprint density at radius 1 is 1.22 bits per heavy atom. The lowest BCUT2D eigenvalue weighted by Crippen LogP contribution is -2.30. The van der Waals surface area contributed by atoms with E-state index in [9.17, 15) is 9.18 Å². The fourth-order valence-corrected chi connectivity index (χ4v) is 1.68. The molecule has 0 aliphatic heterocycles. The van der Waals surface area contributed by atoms with Gasteiger partial charge in [0.2, 0.25) is 5.91 Å². The average Bonchev–Trinajstić information content (AvgIpc) is 2.38. The highest BCUT2D eigenvalue weighted by molar-refractivity contribution is 5.76. The van der Waals surface area contributed by atoms with Crippen molar-refractivity contribution in [3.8, 4) is 5.75 Å². The molecule has 0 heterocycles. The zero-order valence-electron chi connectivity index (χ0n) is 11.0. The molecule has 18 heavy (non-hydrogen) atoms. The van der Waals surface area contributed by atoms with Gasteiger partial charge in [0, 0.05) is 19.5 Å². The molecular formula is C14H20FNO2. The van der Waals surface area contributed by atoms with Crippen molar-refractivity contribution in [2.45, 2.75) is 26.7 Å². The maximum absolute atomic E-state index is 12.6. The summed E-state index contributed by atoms with van der Waals surface area (Å²) in [6, 6.07) is 5.88. The van der Waals surface area contributed by atoms with E-state index in [1.165, 1.54) is 12.1 Å². The van der Waals surface area contributed by atoms with Gasteiger partial charge in [0.15, 0.2) is 0 Å². The maximum atomic E-state index is 12.6. The fraction of sp³-hybridized carbons (Fsp3) is 0.500. The number of amides is 1. The average molecular weight is 253 g/mol. The molecule has 0 unspecified atom stereocenters. The lowest BCUT2D eigenvalue weighted by Gasteiger charge is -2.18. The van der Waals surface area contributed by atoms with Crippen LogP contribution in [0.15, 0.2) is 24.3 Å². The monoisotopic (exact) mass is 253 g/mol. The minimum Gasteiger partial charge on any atom is -0.494 e. The van der Waals surface area contributed by atoms with Gasteiger partial charge < -0.3 is 9.64 Å². The number of ether oxygens (including phenoxy) is 1. The molecule has 0 bridgehead atoms. The Hall–Kier alpha value is -1.58. The van der Waals surface area contributed by atoms with Crippen molar-refractivity contribution < 1.29 is 13.9 Å². The third kappa shape index (κ3) is 4.73. The van der Waals surface area contributed by atoms with Gasteiger partial charge in [-0.1, -0.05) is 0 Å². The Bertz CT molecular complexity index is 361. The summed E-state index contributed by atoms with van der Waals surface area (Å²) in [5, 5.41) is 0. The second-order valence-electron chi connectivity index (χ2n) is 3.97. The molecule has 3 nitrogen and oxygen atoms in total. The number of halogens is 1. The van der Waals surface area contributed by atoms with Crippen LogP contribution in [0, 0.1) is 5.82 Å². The Balaban J connectivity index is 2.22. The second-order valence-corrected chi connectivity index (χ2v) is 3.97. The molecule has 0 aromatic heterocycles. The van der Waals surface area contributed by atoms with Crippen LogP contribution in [0.2, 0.25) is 0 Å². The van der Waals surface area contributed by atoms with Gasteiger partial charge in [-0.25, -0.2) is 4.39 Å². The molecular weight excluding hydrogens is 233 g/mol. The van der Waals surface area contributed by atoms with Crippen molar-refractivity contribution in [2.24, 2.45) is 0 Å². The van der Waals surface area contributed by atoms with Gasteiger partial charge in [-0.05, 0) is 44.5 Å². The van der Waals surface area contributed by atoms with Crippen LogP contribution < -0.4 is 4.74 Å². The summed E-state index contributed by atoms with van der Waals surface area (Å²) < 4.78 is 18.1. The minimum absolute atomic E-state index is 0.155. The van der Waals surface area contributed by atoms with E-state index in [1.54, 1.807) is 17.0 Å². The number of nitrogens with zero attached hydrogens (tertiary/aromatic N) is 1. The standard InChI is InChI=1S/C14H20FNO2/c1-3-16(4-2)14(17)6-5-11-18-13-9-7-12(15)8-10-13/h7-10H,3-6,11H2,1-2H3. The summed E-state index contributed by atoms with van der Waals surface area (Å²) in [6.07, 6.45) is 1.16. The van der Waals surface area contributed by atoms with Gasteiger partial charge in [-0.2, -0.15) is 0 Å². The van der Waals surface area contributed by atoms with Gasteiger partial charge in [0.25, 0.3) is 0 Å². The SMILES string of the molecule is CCN(CC)C(=O)CCCOc1ccc(F)cc1. The molecule has 0 atom stereocenters. The molecule has 0 saturated carbocycles. The summed E-state index contributed by atoms with van der Waals surface area (Å²) in [6.45, 7) is 5.90. The fourth-order valence-electron chi connectivity index (χ4n) is 1.68. The molecule has 4 heteroatoms. The predicted octanol–water partition coefficient (Wildman–Crippen LogP) is 2.85. The highest BCUT2D eigenvalue weighted by atomic mass is 19.1. The summed E-state index contributed by atoms with van der Waals surface area (Å²) in [7, 11) is 0. The van der Waals surface area contributed by atoms with Crippen molar-refractivity contribution in [2.75, 3.05) is 19.7 Å². The van der Waals surface area contributed by atoms with Crippen molar-refractivity contribution in [3.05, 3.63) is 30.1 Å². The number of rotatable bonds is 7. The van der Waals surface area contributed by atoms with E-state index in [4.69, 9.17) is 4.74 Å². The third-order valence-corrected chi connectivity index (χ3v) is 2.73. The summed E-state index contributed by atoms with van der Waals surface area (Å²) in [5.41, 5.74) is 0. The number of hydrogen-bond donors (Lipinski definition) is 0. The first-order chi connectivity index (χ1) is 8.67. The topological polar surface area (TPSA) is 29.5 Å². The first-order valence-corrected chi connectivity index (χ1v) is 6.33. The molecule has 0 aliphatic rings. The van der Waals surface area contributed by atoms with Crippen molar-refractivity contribution in [3.63, 3.8) is 0 Å². The molecule has 0 aliphatic carbocycles. The highest BCUT2D eigenvalue weighted by Crippen LogP contribution is 2.11. The first kappa shape index (κ1) is 14.5. The molecule has 0 fully saturated rings. The molecule has 0 N–H and O–H groups in total. The van der Waals surface area contributed by atoms with Gasteiger partial charge in [-0.3, -0.25) is 4.79 Å². The van der Waals surface area contributed by atoms with Gasteiger partial charge >= 0.3 is 0 Å². The Labute approximate surface area is 108 Å². The molecule has 1 rings (SSSR count). The third-order valence-electron chi connectivity index (χ3n) is 2.73. The summed E-state index contributed by atoms with van der Waals surface area (Å²) in [5.74, 6) is 0.508. The van der Waals surface area contributed by atoms with E-state index in [0.29, 0.717) is 25.2 Å². The van der Waals surface area contributed by atoms with Gasteiger partial charge in [0.1, 0.15) is 11.6 Å². The molecule has 1 amide bonds. The van der Waals surface area contributed by atoms with Gasteiger partial charge in [-0.15, -0.1) is 0 Å².